The van der Waals surface area contributed by atoms with Gasteiger partial charge in [-0.2, -0.15) is 0 Å². The van der Waals surface area contributed by atoms with E-state index in [0.717, 1.165) is 5.56 Å². The van der Waals surface area contributed by atoms with Crippen molar-refractivity contribution in [1.29, 1.82) is 0 Å². The first kappa shape index (κ1) is 12.3. The maximum atomic E-state index is 11.7. The molecule has 0 radical (unpaired) electrons. The van der Waals surface area contributed by atoms with E-state index in [-0.39, 0.29) is 12.1 Å². The Morgan fingerprint density at radius 1 is 1.44 bits per heavy atom. The van der Waals surface area contributed by atoms with Gasteiger partial charge in [-0.05, 0) is 25.6 Å². The van der Waals surface area contributed by atoms with Crippen molar-refractivity contribution in [3.8, 4) is 0 Å². The first-order valence-electron chi connectivity index (χ1n) is 5.37. The molecule has 1 N–H and O–H groups in total. The Bertz CT molecular complexity index is 346. The average molecular weight is 218 g/mol. The van der Waals surface area contributed by atoms with Crippen molar-refractivity contribution in [2.24, 2.45) is 0 Å². The number of hydrogen-bond donors (Lipinski definition) is 1. The summed E-state index contributed by atoms with van der Waals surface area (Å²) >= 11 is 0. The van der Waals surface area contributed by atoms with Crippen molar-refractivity contribution >= 4 is 6.03 Å². The molecule has 0 aromatic heterocycles. The van der Waals surface area contributed by atoms with E-state index in [0.29, 0.717) is 6.54 Å². The number of amides is 2. The molecule has 0 aliphatic rings. The number of carbonyl (C=O) groups is 1. The van der Waals surface area contributed by atoms with Crippen LogP contribution in [0, 0.1) is 0 Å². The lowest BCUT2D eigenvalue weighted by Gasteiger charge is -2.26. The quantitative estimate of drug-likeness (QED) is 0.828. The minimum atomic E-state index is -0.117. The number of nitrogens with one attached hydrogen (secondary N) is 1. The van der Waals surface area contributed by atoms with E-state index in [2.05, 4.69) is 11.9 Å². The zero-order chi connectivity index (χ0) is 12.0. The van der Waals surface area contributed by atoms with Crippen LogP contribution in [0.2, 0.25) is 0 Å². The standard InChI is InChI=1S/C13H18N2O/c1-4-14-13(16)15(11(2)3)10-12-8-6-5-7-9-12/h4-9,11H,1,10H2,2-3H3,(H,14,16). The smallest absolute Gasteiger partial charge is 0.318 e. The van der Waals surface area contributed by atoms with Crippen LogP contribution in [0.4, 0.5) is 4.79 Å². The molecule has 0 spiro atoms. The third kappa shape index (κ3) is 3.42. The summed E-state index contributed by atoms with van der Waals surface area (Å²) in [5.74, 6) is 0. The van der Waals surface area contributed by atoms with Crippen LogP contribution in [0.1, 0.15) is 19.4 Å². The molecule has 0 saturated carbocycles. The van der Waals surface area contributed by atoms with Crippen molar-refractivity contribution < 1.29 is 4.79 Å². The SMILES string of the molecule is C=CNC(=O)N(Cc1ccccc1)C(C)C. The van der Waals surface area contributed by atoms with E-state index in [4.69, 9.17) is 0 Å². The molecule has 0 fully saturated rings. The average Bonchev–Trinajstić information content (AvgIpc) is 2.27. The number of urea groups is 1. The molecule has 1 aromatic rings. The second kappa shape index (κ2) is 5.95. The molecule has 0 heterocycles. The van der Waals surface area contributed by atoms with Gasteiger partial charge in [-0.25, -0.2) is 4.79 Å². The third-order valence-electron chi connectivity index (χ3n) is 2.31. The van der Waals surface area contributed by atoms with E-state index in [1.165, 1.54) is 6.20 Å². The van der Waals surface area contributed by atoms with Crippen molar-refractivity contribution in [1.82, 2.24) is 10.2 Å². The van der Waals surface area contributed by atoms with Gasteiger partial charge in [-0.1, -0.05) is 36.9 Å². The summed E-state index contributed by atoms with van der Waals surface area (Å²) in [6.07, 6.45) is 1.41. The van der Waals surface area contributed by atoms with Crippen LogP contribution in [-0.4, -0.2) is 17.0 Å². The summed E-state index contributed by atoms with van der Waals surface area (Å²) in [5, 5.41) is 2.60. The maximum Gasteiger partial charge on any atom is 0.321 e. The Morgan fingerprint density at radius 3 is 2.56 bits per heavy atom. The fourth-order valence-electron chi connectivity index (χ4n) is 1.44. The highest BCUT2D eigenvalue weighted by atomic mass is 16.2. The molecule has 0 aliphatic heterocycles. The monoisotopic (exact) mass is 218 g/mol. The van der Waals surface area contributed by atoms with Gasteiger partial charge in [0.15, 0.2) is 0 Å². The summed E-state index contributed by atoms with van der Waals surface area (Å²) in [6.45, 7) is 8.08. The highest BCUT2D eigenvalue weighted by Gasteiger charge is 2.15. The molecule has 0 bridgehead atoms. The van der Waals surface area contributed by atoms with E-state index < -0.39 is 0 Å². The van der Waals surface area contributed by atoms with E-state index in [1.54, 1.807) is 4.90 Å². The van der Waals surface area contributed by atoms with E-state index >= 15 is 0 Å². The molecular formula is C13H18N2O. The van der Waals surface area contributed by atoms with Gasteiger partial charge >= 0.3 is 6.03 Å². The van der Waals surface area contributed by atoms with Crippen LogP contribution in [0.3, 0.4) is 0 Å². The maximum absolute atomic E-state index is 11.7. The van der Waals surface area contributed by atoms with Gasteiger partial charge in [0.2, 0.25) is 0 Å². The Hall–Kier alpha value is -1.77. The largest absolute Gasteiger partial charge is 0.321 e. The Labute approximate surface area is 96.8 Å². The molecule has 16 heavy (non-hydrogen) atoms. The minimum Gasteiger partial charge on any atom is -0.318 e. The van der Waals surface area contributed by atoms with Gasteiger partial charge in [0, 0.05) is 12.6 Å². The lowest BCUT2D eigenvalue weighted by molar-refractivity contribution is 0.183. The first-order valence-corrected chi connectivity index (χ1v) is 5.37. The number of benzene rings is 1. The van der Waals surface area contributed by atoms with Crippen LogP contribution in [0.25, 0.3) is 0 Å². The Kier molecular flexibility index (Phi) is 4.58. The zero-order valence-electron chi connectivity index (χ0n) is 9.81. The van der Waals surface area contributed by atoms with Gasteiger partial charge < -0.3 is 10.2 Å². The summed E-state index contributed by atoms with van der Waals surface area (Å²) in [4.78, 5) is 13.5. The summed E-state index contributed by atoms with van der Waals surface area (Å²) in [5.41, 5.74) is 1.12. The second-order valence-electron chi connectivity index (χ2n) is 3.86. The van der Waals surface area contributed by atoms with Gasteiger partial charge in [-0.15, -0.1) is 0 Å². The molecular weight excluding hydrogens is 200 g/mol. The third-order valence-corrected chi connectivity index (χ3v) is 2.31. The van der Waals surface area contributed by atoms with Crippen LogP contribution in [-0.2, 0) is 6.54 Å². The Balaban J connectivity index is 2.72. The number of nitrogens with zero attached hydrogens (tertiary/aromatic N) is 1. The van der Waals surface area contributed by atoms with Crippen LogP contribution < -0.4 is 5.32 Å². The predicted molar refractivity (Wildman–Crippen MR) is 65.8 cm³/mol. The number of rotatable bonds is 4. The fraction of sp³-hybridized carbons (Fsp3) is 0.308. The van der Waals surface area contributed by atoms with Crippen molar-refractivity contribution in [2.45, 2.75) is 26.4 Å². The number of hydrogen-bond acceptors (Lipinski definition) is 1. The molecule has 0 aliphatic carbocycles. The zero-order valence-corrected chi connectivity index (χ0v) is 9.81. The van der Waals surface area contributed by atoms with E-state index in [9.17, 15) is 4.79 Å². The molecule has 0 atom stereocenters. The van der Waals surface area contributed by atoms with Gasteiger partial charge in [0.25, 0.3) is 0 Å². The highest BCUT2D eigenvalue weighted by Crippen LogP contribution is 2.08. The lowest BCUT2D eigenvalue weighted by atomic mass is 10.2. The molecule has 3 nitrogen and oxygen atoms in total. The van der Waals surface area contributed by atoms with Crippen molar-refractivity contribution in [3.63, 3.8) is 0 Å². The molecule has 2 amide bonds. The summed E-state index contributed by atoms with van der Waals surface area (Å²) < 4.78 is 0. The van der Waals surface area contributed by atoms with Crippen LogP contribution >= 0.6 is 0 Å². The lowest BCUT2D eigenvalue weighted by Crippen LogP contribution is -2.41. The van der Waals surface area contributed by atoms with Gasteiger partial charge in [0.1, 0.15) is 0 Å². The molecule has 3 heteroatoms. The molecule has 1 rings (SSSR count). The molecule has 0 unspecified atom stereocenters. The second-order valence-corrected chi connectivity index (χ2v) is 3.86. The summed E-state index contributed by atoms with van der Waals surface area (Å²) in [7, 11) is 0. The Morgan fingerprint density at radius 2 is 2.06 bits per heavy atom. The highest BCUT2D eigenvalue weighted by molar-refractivity contribution is 5.75. The predicted octanol–water partition coefficient (Wildman–Crippen LogP) is 2.75. The van der Waals surface area contributed by atoms with Crippen LogP contribution in [0.15, 0.2) is 43.1 Å². The normalized spacial score (nSPS) is 9.94. The number of carbonyl (C=O) groups excluding carboxylic acids is 1. The van der Waals surface area contributed by atoms with Crippen molar-refractivity contribution in [2.75, 3.05) is 0 Å². The van der Waals surface area contributed by atoms with E-state index in [1.807, 2.05) is 44.2 Å². The van der Waals surface area contributed by atoms with Crippen LogP contribution in [0.5, 0.6) is 0 Å². The minimum absolute atomic E-state index is 0.117. The van der Waals surface area contributed by atoms with Crippen molar-refractivity contribution in [3.05, 3.63) is 48.7 Å². The summed E-state index contributed by atoms with van der Waals surface area (Å²) in [6, 6.07) is 9.97. The molecule has 86 valence electrons. The fourth-order valence-corrected chi connectivity index (χ4v) is 1.44. The van der Waals surface area contributed by atoms with Gasteiger partial charge in [-0.3, -0.25) is 0 Å². The molecule has 1 aromatic carbocycles. The first-order chi connectivity index (χ1) is 7.65. The van der Waals surface area contributed by atoms with Gasteiger partial charge in [0.05, 0.1) is 0 Å². The topological polar surface area (TPSA) is 32.3 Å². The molecule has 0 saturated heterocycles.